The summed E-state index contributed by atoms with van der Waals surface area (Å²) < 4.78 is 11.8. The summed E-state index contributed by atoms with van der Waals surface area (Å²) in [5, 5.41) is 16.5. The minimum Gasteiger partial charge on any atom is -0.479 e. The fraction of sp³-hybridized carbons (Fsp3) is 0.868. The Hall–Kier alpha value is -1.93. The zero-order valence-electron chi connectivity index (χ0n) is 30.2. The van der Waals surface area contributed by atoms with Gasteiger partial charge in [-0.3, -0.25) is 9.59 Å². The van der Waals surface area contributed by atoms with Crippen molar-refractivity contribution in [1.82, 2.24) is 10.6 Å². The van der Waals surface area contributed by atoms with Crippen molar-refractivity contribution in [2.75, 3.05) is 13.2 Å². The third-order valence-corrected chi connectivity index (χ3v) is 10.2. The first-order valence-electron chi connectivity index (χ1n) is 18.6. The number of rotatable bonds is 22. The lowest BCUT2D eigenvalue weighted by atomic mass is 9.70. The van der Waals surface area contributed by atoms with Gasteiger partial charge in [-0.2, -0.15) is 0 Å². The summed E-state index contributed by atoms with van der Waals surface area (Å²) in [5.74, 6) is -2.85. The Morgan fingerprint density at radius 3 is 2.02 bits per heavy atom. The zero-order valence-corrected chi connectivity index (χ0v) is 30.2. The van der Waals surface area contributed by atoms with Crippen molar-refractivity contribution in [3.05, 3.63) is 12.2 Å². The van der Waals surface area contributed by atoms with Crippen LogP contribution >= 0.6 is 0 Å². The number of unbranched alkanes of at least 4 members (excludes halogenated alkanes) is 11. The third kappa shape index (κ3) is 13.7. The van der Waals surface area contributed by atoms with Crippen LogP contribution in [0.1, 0.15) is 164 Å². The number of hydrogen-bond donors (Lipinski definition) is 3. The van der Waals surface area contributed by atoms with Crippen LogP contribution in [0.5, 0.6) is 0 Å². The molecule has 0 aromatic carbocycles. The lowest BCUT2D eigenvalue weighted by Crippen LogP contribution is -2.67. The highest BCUT2D eigenvalue weighted by molar-refractivity contribution is 5.89. The summed E-state index contributed by atoms with van der Waals surface area (Å²) in [4.78, 5) is 39.8. The highest BCUT2D eigenvalue weighted by Gasteiger charge is 2.50. The summed E-state index contributed by atoms with van der Waals surface area (Å²) in [6.45, 7) is 11.7. The molecule has 0 radical (unpaired) electrons. The number of hydrogen-bond acceptors (Lipinski definition) is 5. The van der Waals surface area contributed by atoms with Crippen LogP contribution < -0.4 is 10.6 Å². The summed E-state index contributed by atoms with van der Waals surface area (Å²) >= 11 is 0. The predicted molar refractivity (Wildman–Crippen MR) is 185 cm³/mol. The van der Waals surface area contributed by atoms with Gasteiger partial charge >= 0.3 is 5.97 Å². The molecule has 2 fully saturated rings. The molecule has 1 aliphatic heterocycles. The van der Waals surface area contributed by atoms with E-state index in [0.29, 0.717) is 6.61 Å². The molecule has 1 aliphatic carbocycles. The maximum Gasteiger partial charge on any atom is 0.331 e. The van der Waals surface area contributed by atoms with Crippen molar-refractivity contribution >= 4 is 17.8 Å². The molecule has 0 aromatic rings. The monoisotopic (exact) mass is 649 g/mol. The van der Waals surface area contributed by atoms with Crippen LogP contribution in [0.2, 0.25) is 0 Å². The number of amides is 2. The fourth-order valence-electron chi connectivity index (χ4n) is 6.99. The van der Waals surface area contributed by atoms with Crippen LogP contribution in [0.15, 0.2) is 12.2 Å². The molecule has 0 bridgehead atoms. The molecule has 2 aliphatic rings. The molecule has 0 aromatic heterocycles. The summed E-state index contributed by atoms with van der Waals surface area (Å²) in [7, 11) is 0. The van der Waals surface area contributed by atoms with Gasteiger partial charge in [0, 0.05) is 11.8 Å². The smallest absolute Gasteiger partial charge is 0.331 e. The quantitative estimate of drug-likeness (QED) is 0.0802. The standard InChI is InChI=1S/C38H68N2O6/c1-7-8-9-10-11-12-13-14-15-16-17-18-19-20-24-27-32(41)40-38(35(43)44,30(2)31-25-22-21-23-26-31)28-39-34(42)33-36(3,4)29-45-37(5,6)46-33/h14-15,30-31,33H,7-13,16-29H2,1-6H3,(H,39,42)(H,40,41)(H,43,44)/b15-14-. The van der Waals surface area contributed by atoms with E-state index in [1.807, 2.05) is 20.8 Å². The Morgan fingerprint density at radius 2 is 1.43 bits per heavy atom. The minimum atomic E-state index is -1.60. The van der Waals surface area contributed by atoms with Gasteiger partial charge in [-0.05, 0) is 57.8 Å². The molecule has 3 unspecified atom stereocenters. The topological polar surface area (TPSA) is 114 Å². The molecule has 1 heterocycles. The maximum absolute atomic E-state index is 13.5. The van der Waals surface area contributed by atoms with Gasteiger partial charge in [-0.15, -0.1) is 0 Å². The first-order valence-corrected chi connectivity index (χ1v) is 18.6. The molecule has 8 nitrogen and oxygen atoms in total. The number of allylic oxidation sites excluding steroid dienone is 2. The average molecular weight is 649 g/mol. The van der Waals surface area contributed by atoms with Crippen LogP contribution in [-0.4, -0.2) is 53.5 Å². The minimum absolute atomic E-state index is 0.164. The van der Waals surface area contributed by atoms with Crippen LogP contribution in [0.25, 0.3) is 0 Å². The number of carbonyl (C=O) groups is 3. The summed E-state index contributed by atoms with van der Waals surface area (Å²) in [6.07, 6.45) is 24.5. The van der Waals surface area contributed by atoms with Crippen molar-refractivity contribution in [2.24, 2.45) is 17.3 Å². The molecule has 8 heteroatoms. The maximum atomic E-state index is 13.5. The van der Waals surface area contributed by atoms with E-state index in [4.69, 9.17) is 9.47 Å². The summed E-state index contributed by atoms with van der Waals surface area (Å²) in [6, 6.07) is 0. The van der Waals surface area contributed by atoms with Gasteiger partial charge < -0.3 is 25.2 Å². The van der Waals surface area contributed by atoms with Crippen LogP contribution in [0.4, 0.5) is 0 Å². The highest BCUT2D eigenvalue weighted by Crippen LogP contribution is 2.37. The second-order valence-electron chi connectivity index (χ2n) is 15.2. The average Bonchev–Trinajstić information content (AvgIpc) is 3.02. The Morgan fingerprint density at radius 1 is 0.870 bits per heavy atom. The van der Waals surface area contributed by atoms with Crippen molar-refractivity contribution in [3.8, 4) is 0 Å². The van der Waals surface area contributed by atoms with Gasteiger partial charge in [0.1, 0.15) is 6.10 Å². The second-order valence-corrected chi connectivity index (χ2v) is 15.2. The first-order chi connectivity index (χ1) is 21.8. The van der Waals surface area contributed by atoms with E-state index in [0.717, 1.165) is 70.6 Å². The molecular formula is C38H68N2O6. The van der Waals surface area contributed by atoms with Crippen molar-refractivity contribution in [2.45, 2.75) is 181 Å². The van der Waals surface area contributed by atoms with E-state index in [1.54, 1.807) is 13.8 Å². The number of carboxylic acids is 1. The normalized spacial score (nSPS) is 21.8. The largest absolute Gasteiger partial charge is 0.479 e. The predicted octanol–water partition coefficient (Wildman–Crippen LogP) is 8.47. The molecule has 1 saturated heterocycles. The number of nitrogens with one attached hydrogen (secondary N) is 2. The zero-order chi connectivity index (χ0) is 34.1. The van der Waals surface area contributed by atoms with Gasteiger partial charge in [-0.1, -0.05) is 123 Å². The van der Waals surface area contributed by atoms with Gasteiger partial charge in [0.2, 0.25) is 11.8 Å². The van der Waals surface area contributed by atoms with Gasteiger partial charge in [0.05, 0.1) is 13.2 Å². The van der Waals surface area contributed by atoms with Gasteiger partial charge in [0.15, 0.2) is 11.3 Å². The van der Waals surface area contributed by atoms with E-state index in [9.17, 15) is 19.5 Å². The Kier molecular flexibility index (Phi) is 17.9. The molecular weight excluding hydrogens is 580 g/mol. The van der Waals surface area contributed by atoms with Gasteiger partial charge in [-0.25, -0.2) is 4.79 Å². The lowest BCUT2D eigenvalue weighted by Gasteiger charge is -2.45. The van der Waals surface area contributed by atoms with Gasteiger partial charge in [0.25, 0.3) is 0 Å². The van der Waals surface area contributed by atoms with Crippen LogP contribution in [0, 0.1) is 17.3 Å². The molecule has 0 spiro atoms. The van der Waals surface area contributed by atoms with Crippen molar-refractivity contribution in [1.29, 1.82) is 0 Å². The van der Waals surface area contributed by atoms with Crippen molar-refractivity contribution < 1.29 is 29.0 Å². The van der Waals surface area contributed by atoms with E-state index in [2.05, 4.69) is 29.7 Å². The molecule has 3 N–H and O–H groups in total. The molecule has 266 valence electrons. The van der Waals surface area contributed by atoms with Crippen molar-refractivity contribution in [3.63, 3.8) is 0 Å². The molecule has 2 amide bonds. The Balaban J connectivity index is 1.88. The lowest BCUT2D eigenvalue weighted by molar-refractivity contribution is -0.304. The molecule has 2 rings (SSSR count). The molecule has 46 heavy (non-hydrogen) atoms. The van der Waals surface area contributed by atoms with E-state index >= 15 is 0 Å². The third-order valence-electron chi connectivity index (χ3n) is 10.2. The highest BCUT2D eigenvalue weighted by atomic mass is 16.7. The fourth-order valence-corrected chi connectivity index (χ4v) is 6.99. The Bertz CT molecular complexity index is 941. The van der Waals surface area contributed by atoms with Crippen LogP contribution in [-0.2, 0) is 23.9 Å². The first kappa shape index (κ1) is 40.2. The van der Waals surface area contributed by atoms with E-state index in [1.165, 1.54) is 44.9 Å². The van der Waals surface area contributed by atoms with Crippen LogP contribution in [0.3, 0.4) is 0 Å². The number of aliphatic carboxylic acids is 1. The number of carbonyl (C=O) groups excluding carboxylic acids is 2. The second kappa shape index (κ2) is 20.4. The van der Waals surface area contributed by atoms with E-state index < -0.39 is 28.8 Å². The molecule has 1 saturated carbocycles. The molecule has 3 atom stereocenters. The number of carboxylic acid groups (broad SMARTS) is 1. The summed E-state index contributed by atoms with van der Waals surface area (Å²) in [5.41, 5.74) is -2.19. The Labute approximate surface area is 280 Å². The SMILES string of the molecule is CCCCCCCC/C=C\CCCCCCCC(=O)NC(CNC(=O)C1OC(C)(C)OCC1(C)C)(C(=O)O)C(C)C1CCCCC1. The van der Waals surface area contributed by atoms with E-state index in [-0.39, 0.29) is 36.6 Å². The number of ether oxygens (including phenoxy) is 2.